The third-order valence-corrected chi connectivity index (χ3v) is 5.92. The Hall–Kier alpha value is -0.590. The van der Waals surface area contributed by atoms with Crippen molar-refractivity contribution >= 4 is 0 Å². The fraction of sp³-hybridized carbons (Fsp3) is 0.944. The molecule has 0 amide bonds. The summed E-state index contributed by atoms with van der Waals surface area (Å²) in [5.74, 6) is 0.936. The van der Waals surface area contributed by atoms with Gasteiger partial charge in [-0.25, -0.2) is 0 Å². The van der Waals surface area contributed by atoms with Crippen LogP contribution in [0.4, 0.5) is 0 Å². The summed E-state index contributed by atoms with van der Waals surface area (Å²) < 4.78 is 5.85. The molecule has 1 aliphatic carbocycles. The maximum absolute atomic E-state index is 9.56. The number of morpholine rings is 1. The zero-order valence-electron chi connectivity index (χ0n) is 14.5. The van der Waals surface area contributed by atoms with Crippen LogP contribution in [0.3, 0.4) is 0 Å². The van der Waals surface area contributed by atoms with Crippen LogP contribution in [-0.2, 0) is 4.74 Å². The van der Waals surface area contributed by atoms with E-state index in [4.69, 9.17) is 4.74 Å². The smallest absolute Gasteiger partial charge is 0.0753 e. The van der Waals surface area contributed by atoms with Gasteiger partial charge < -0.3 is 4.74 Å². The second kappa shape index (κ2) is 6.26. The van der Waals surface area contributed by atoms with E-state index in [9.17, 15) is 5.26 Å². The molecule has 3 heteroatoms. The van der Waals surface area contributed by atoms with E-state index in [1.54, 1.807) is 0 Å². The summed E-state index contributed by atoms with van der Waals surface area (Å²) in [5.41, 5.74) is 0.311. The monoisotopic (exact) mass is 292 g/mol. The minimum atomic E-state index is -0.0779. The summed E-state index contributed by atoms with van der Waals surface area (Å²) in [5, 5.41) is 9.56. The van der Waals surface area contributed by atoms with Gasteiger partial charge in [-0.2, -0.15) is 5.26 Å². The van der Waals surface area contributed by atoms with Crippen molar-refractivity contribution in [1.29, 1.82) is 5.26 Å². The van der Waals surface area contributed by atoms with Crippen molar-refractivity contribution < 1.29 is 4.74 Å². The minimum absolute atomic E-state index is 0.0779. The predicted molar refractivity (Wildman–Crippen MR) is 85.9 cm³/mol. The lowest BCUT2D eigenvalue weighted by molar-refractivity contribution is -0.109. The Bertz CT molecular complexity index is 397. The lowest BCUT2D eigenvalue weighted by Gasteiger charge is -2.48. The van der Waals surface area contributed by atoms with Gasteiger partial charge in [-0.05, 0) is 44.4 Å². The molecule has 1 saturated heterocycles. The third kappa shape index (κ3) is 3.79. The van der Waals surface area contributed by atoms with Gasteiger partial charge in [0, 0.05) is 19.1 Å². The first kappa shape index (κ1) is 16.8. The summed E-state index contributed by atoms with van der Waals surface area (Å²) in [6.45, 7) is 14.1. The van der Waals surface area contributed by atoms with Gasteiger partial charge in [-0.15, -0.1) is 0 Å². The van der Waals surface area contributed by atoms with Crippen LogP contribution < -0.4 is 0 Å². The molecule has 1 saturated carbocycles. The number of nitriles is 1. The van der Waals surface area contributed by atoms with Gasteiger partial charge in [0.1, 0.15) is 0 Å². The first-order chi connectivity index (χ1) is 9.79. The standard InChI is InChI=1S/C18H32N2O/c1-6-17(2,3)15-8-7-14(12-19)16(11-15)20-9-10-21-18(4,5)13-20/h14-16H,6-11,13H2,1-5H3. The third-order valence-electron chi connectivity index (χ3n) is 5.92. The molecular formula is C18H32N2O. The molecule has 0 radical (unpaired) electrons. The van der Waals surface area contributed by atoms with Crippen LogP contribution >= 0.6 is 0 Å². The molecule has 1 aliphatic heterocycles. The topological polar surface area (TPSA) is 36.3 Å². The van der Waals surface area contributed by atoms with Crippen LogP contribution in [0.15, 0.2) is 0 Å². The Morgan fingerprint density at radius 3 is 2.62 bits per heavy atom. The largest absolute Gasteiger partial charge is 0.373 e. The van der Waals surface area contributed by atoms with Crippen LogP contribution in [0.2, 0.25) is 0 Å². The summed E-state index contributed by atoms with van der Waals surface area (Å²) in [6, 6.07) is 3.01. The minimum Gasteiger partial charge on any atom is -0.373 e. The Morgan fingerprint density at radius 2 is 2.05 bits per heavy atom. The van der Waals surface area contributed by atoms with E-state index in [1.165, 1.54) is 19.3 Å². The fourth-order valence-electron chi connectivity index (χ4n) is 4.04. The van der Waals surface area contributed by atoms with Crippen LogP contribution in [0, 0.1) is 28.6 Å². The maximum atomic E-state index is 9.56. The Kier molecular flexibility index (Phi) is 5.00. The Morgan fingerprint density at radius 1 is 1.33 bits per heavy atom. The zero-order chi connectivity index (χ0) is 15.7. The van der Waals surface area contributed by atoms with Crippen molar-refractivity contribution in [2.75, 3.05) is 19.7 Å². The molecule has 0 aromatic carbocycles. The van der Waals surface area contributed by atoms with Crippen molar-refractivity contribution in [3.63, 3.8) is 0 Å². The quantitative estimate of drug-likeness (QED) is 0.793. The normalized spacial score (nSPS) is 34.4. The molecular weight excluding hydrogens is 260 g/mol. The van der Waals surface area contributed by atoms with Gasteiger partial charge in [0.15, 0.2) is 0 Å². The Labute approximate surface area is 130 Å². The van der Waals surface area contributed by atoms with E-state index in [0.717, 1.165) is 32.0 Å². The molecule has 0 N–H and O–H groups in total. The Balaban J connectivity index is 2.12. The van der Waals surface area contributed by atoms with E-state index in [0.29, 0.717) is 11.5 Å². The second-order valence-corrected chi connectivity index (χ2v) is 8.23. The number of rotatable bonds is 3. The summed E-state index contributed by atoms with van der Waals surface area (Å²) in [4.78, 5) is 2.54. The SMILES string of the molecule is CCC(C)(C)C1CCC(C#N)C(N2CCOC(C)(C)C2)C1. The molecule has 2 rings (SSSR count). The van der Waals surface area contributed by atoms with Crippen LogP contribution in [0.25, 0.3) is 0 Å². The zero-order valence-corrected chi connectivity index (χ0v) is 14.5. The maximum Gasteiger partial charge on any atom is 0.0753 e. The van der Waals surface area contributed by atoms with Crippen molar-refractivity contribution in [2.24, 2.45) is 17.3 Å². The molecule has 2 aliphatic rings. The second-order valence-electron chi connectivity index (χ2n) is 8.23. The molecule has 0 aromatic heterocycles. The molecule has 0 spiro atoms. The van der Waals surface area contributed by atoms with Gasteiger partial charge >= 0.3 is 0 Å². The van der Waals surface area contributed by atoms with Gasteiger partial charge in [0.05, 0.1) is 24.2 Å². The molecule has 120 valence electrons. The summed E-state index contributed by atoms with van der Waals surface area (Å²) >= 11 is 0. The first-order valence-corrected chi connectivity index (χ1v) is 8.56. The van der Waals surface area contributed by atoms with Gasteiger partial charge in [0.25, 0.3) is 0 Å². The molecule has 0 bridgehead atoms. The molecule has 3 unspecified atom stereocenters. The van der Waals surface area contributed by atoms with E-state index in [1.807, 2.05) is 0 Å². The van der Waals surface area contributed by atoms with E-state index < -0.39 is 0 Å². The van der Waals surface area contributed by atoms with Gasteiger partial charge in [0.2, 0.25) is 0 Å². The molecule has 0 aromatic rings. The fourth-order valence-corrected chi connectivity index (χ4v) is 4.04. The van der Waals surface area contributed by atoms with Crippen LogP contribution in [0.5, 0.6) is 0 Å². The van der Waals surface area contributed by atoms with E-state index in [-0.39, 0.29) is 11.5 Å². The molecule has 2 fully saturated rings. The van der Waals surface area contributed by atoms with Gasteiger partial charge in [-0.1, -0.05) is 27.2 Å². The highest BCUT2D eigenvalue weighted by atomic mass is 16.5. The first-order valence-electron chi connectivity index (χ1n) is 8.56. The lowest BCUT2D eigenvalue weighted by Crippen LogP contribution is -2.55. The van der Waals surface area contributed by atoms with Crippen molar-refractivity contribution in [3.8, 4) is 6.07 Å². The van der Waals surface area contributed by atoms with Gasteiger partial charge in [-0.3, -0.25) is 4.90 Å². The molecule has 21 heavy (non-hydrogen) atoms. The number of nitrogens with zero attached hydrogens (tertiary/aromatic N) is 2. The van der Waals surface area contributed by atoms with E-state index >= 15 is 0 Å². The summed E-state index contributed by atoms with van der Waals surface area (Å²) in [6.07, 6.45) is 4.67. The highest BCUT2D eigenvalue weighted by Gasteiger charge is 2.42. The lowest BCUT2D eigenvalue weighted by atomic mass is 9.66. The number of hydrogen-bond acceptors (Lipinski definition) is 3. The summed E-state index contributed by atoms with van der Waals surface area (Å²) in [7, 11) is 0. The van der Waals surface area contributed by atoms with E-state index in [2.05, 4.69) is 45.6 Å². The van der Waals surface area contributed by atoms with Crippen molar-refractivity contribution in [3.05, 3.63) is 0 Å². The van der Waals surface area contributed by atoms with Crippen molar-refractivity contribution in [2.45, 2.75) is 71.9 Å². The molecule has 3 atom stereocenters. The average Bonchev–Trinajstić information content (AvgIpc) is 2.45. The number of hydrogen-bond donors (Lipinski definition) is 0. The average molecular weight is 292 g/mol. The van der Waals surface area contributed by atoms with Crippen LogP contribution in [-0.4, -0.2) is 36.2 Å². The molecule has 3 nitrogen and oxygen atoms in total. The highest BCUT2D eigenvalue weighted by molar-refractivity contribution is 5.01. The number of ether oxygens (including phenoxy) is 1. The van der Waals surface area contributed by atoms with Crippen LogP contribution in [0.1, 0.15) is 60.3 Å². The highest BCUT2D eigenvalue weighted by Crippen LogP contribution is 2.44. The predicted octanol–water partition coefficient (Wildman–Crippen LogP) is 3.84. The van der Waals surface area contributed by atoms with Crippen molar-refractivity contribution in [1.82, 2.24) is 4.90 Å². The molecule has 1 heterocycles.